The maximum absolute atomic E-state index is 12.7. The number of benzene rings is 1. The summed E-state index contributed by atoms with van der Waals surface area (Å²) in [6, 6.07) is 4.92. The summed E-state index contributed by atoms with van der Waals surface area (Å²) in [5, 5.41) is 2.30. The van der Waals surface area contributed by atoms with Crippen molar-refractivity contribution in [1.29, 1.82) is 0 Å². The summed E-state index contributed by atoms with van der Waals surface area (Å²) in [5.41, 5.74) is 1.41. The largest absolute Gasteiger partial charge is 0.493 e. The Hall–Kier alpha value is -2.37. The summed E-state index contributed by atoms with van der Waals surface area (Å²) in [5.74, 6) is -0.304. The van der Waals surface area contributed by atoms with Crippen molar-refractivity contribution in [1.82, 2.24) is 10.2 Å². The van der Waals surface area contributed by atoms with Gasteiger partial charge in [0.05, 0.1) is 12.2 Å². The Kier molecular flexibility index (Phi) is 3.83. The maximum Gasteiger partial charge on any atom is 0.258 e. The number of imide groups is 1. The van der Waals surface area contributed by atoms with Gasteiger partial charge >= 0.3 is 0 Å². The van der Waals surface area contributed by atoms with Gasteiger partial charge in [0.15, 0.2) is 0 Å². The summed E-state index contributed by atoms with van der Waals surface area (Å²) < 4.78 is 5.65. The molecule has 0 radical (unpaired) electrons. The third kappa shape index (κ3) is 2.45. The lowest BCUT2D eigenvalue weighted by Gasteiger charge is -2.29. The number of carbonyl (C=O) groups excluding carboxylic acids is 3. The average molecular weight is 302 g/mol. The van der Waals surface area contributed by atoms with Crippen molar-refractivity contribution >= 4 is 17.7 Å². The number of rotatable bonds is 4. The summed E-state index contributed by atoms with van der Waals surface area (Å²) >= 11 is 0. The fourth-order valence-corrected chi connectivity index (χ4v) is 2.91. The van der Waals surface area contributed by atoms with Gasteiger partial charge in [0, 0.05) is 13.0 Å². The molecule has 2 heterocycles. The second kappa shape index (κ2) is 5.79. The second-order valence-corrected chi connectivity index (χ2v) is 5.54. The number of amides is 3. The first-order chi connectivity index (χ1) is 10.6. The van der Waals surface area contributed by atoms with E-state index in [9.17, 15) is 14.4 Å². The van der Waals surface area contributed by atoms with E-state index in [4.69, 9.17) is 4.74 Å². The summed E-state index contributed by atoms with van der Waals surface area (Å²) in [6.07, 6.45) is 1.49. The molecule has 116 valence electrons. The van der Waals surface area contributed by atoms with Crippen molar-refractivity contribution in [3.63, 3.8) is 0 Å². The highest BCUT2D eigenvalue weighted by Crippen LogP contribution is 2.33. The molecule has 1 saturated heterocycles. The van der Waals surface area contributed by atoms with Gasteiger partial charge in [0.2, 0.25) is 11.8 Å². The molecule has 2 aliphatic heterocycles. The Labute approximate surface area is 128 Å². The SMILES string of the molecule is CCCOc1cccc2c1C(=O)N(C1CCC(=O)NC1=O)C2. The molecule has 1 aromatic rings. The minimum absolute atomic E-state index is 0.198. The van der Waals surface area contributed by atoms with Crippen molar-refractivity contribution in [3.8, 4) is 5.75 Å². The van der Waals surface area contributed by atoms with Crippen LogP contribution in [-0.4, -0.2) is 35.3 Å². The molecule has 0 aromatic heterocycles. The highest BCUT2D eigenvalue weighted by Gasteiger charge is 2.40. The van der Waals surface area contributed by atoms with Crippen molar-refractivity contribution in [2.45, 2.75) is 38.8 Å². The van der Waals surface area contributed by atoms with Gasteiger partial charge in [-0.2, -0.15) is 0 Å². The van der Waals surface area contributed by atoms with Crippen LogP contribution in [0.3, 0.4) is 0 Å². The summed E-state index contributed by atoms with van der Waals surface area (Å²) in [7, 11) is 0. The minimum Gasteiger partial charge on any atom is -0.493 e. The fourth-order valence-electron chi connectivity index (χ4n) is 2.91. The first-order valence-corrected chi connectivity index (χ1v) is 7.51. The third-order valence-corrected chi connectivity index (χ3v) is 3.98. The number of hydrogen-bond acceptors (Lipinski definition) is 4. The molecular formula is C16H18N2O4. The highest BCUT2D eigenvalue weighted by atomic mass is 16.5. The van der Waals surface area contributed by atoms with E-state index in [2.05, 4.69) is 5.32 Å². The van der Waals surface area contributed by atoms with Crippen LogP contribution in [0.5, 0.6) is 5.75 Å². The normalized spacial score (nSPS) is 20.9. The molecule has 3 rings (SSSR count). The number of nitrogens with one attached hydrogen (secondary N) is 1. The van der Waals surface area contributed by atoms with Crippen LogP contribution in [0.1, 0.15) is 42.1 Å². The van der Waals surface area contributed by atoms with Crippen LogP contribution in [0.15, 0.2) is 18.2 Å². The lowest BCUT2D eigenvalue weighted by Crippen LogP contribution is -2.52. The molecule has 1 N–H and O–H groups in total. The lowest BCUT2D eigenvalue weighted by atomic mass is 10.0. The fraction of sp³-hybridized carbons (Fsp3) is 0.438. The molecule has 1 fully saturated rings. The van der Waals surface area contributed by atoms with Crippen LogP contribution in [-0.2, 0) is 16.1 Å². The molecule has 0 saturated carbocycles. The highest BCUT2D eigenvalue weighted by molar-refractivity contribution is 6.06. The van der Waals surface area contributed by atoms with Gasteiger partial charge in [-0.3, -0.25) is 19.7 Å². The molecular weight excluding hydrogens is 284 g/mol. The number of nitrogens with zero attached hydrogens (tertiary/aromatic N) is 1. The van der Waals surface area contributed by atoms with E-state index in [-0.39, 0.29) is 18.2 Å². The van der Waals surface area contributed by atoms with Crippen molar-refractivity contribution in [2.75, 3.05) is 6.61 Å². The molecule has 0 bridgehead atoms. The molecule has 22 heavy (non-hydrogen) atoms. The van der Waals surface area contributed by atoms with Gasteiger partial charge in [0.1, 0.15) is 11.8 Å². The Morgan fingerprint density at radius 2 is 2.14 bits per heavy atom. The smallest absolute Gasteiger partial charge is 0.258 e. The molecule has 0 aliphatic carbocycles. The third-order valence-electron chi connectivity index (χ3n) is 3.98. The van der Waals surface area contributed by atoms with Crippen LogP contribution in [0.2, 0.25) is 0 Å². The number of carbonyl (C=O) groups is 3. The number of piperidine rings is 1. The number of hydrogen-bond donors (Lipinski definition) is 1. The van der Waals surface area contributed by atoms with Crippen LogP contribution >= 0.6 is 0 Å². The monoisotopic (exact) mass is 302 g/mol. The molecule has 2 aliphatic rings. The predicted molar refractivity (Wildman–Crippen MR) is 78.3 cm³/mol. The van der Waals surface area contributed by atoms with Crippen molar-refractivity contribution in [2.24, 2.45) is 0 Å². The van der Waals surface area contributed by atoms with E-state index in [1.54, 1.807) is 6.07 Å². The Morgan fingerprint density at radius 3 is 2.86 bits per heavy atom. The molecule has 0 spiro atoms. The predicted octanol–water partition coefficient (Wildman–Crippen LogP) is 1.24. The Bertz CT molecular complexity index is 641. The standard InChI is InChI=1S/C16H18N2O4/c1-2-8-22-12-5-3-4-10-9-18(16(21)14(10)12)11-6-7-13(19)17-15(11)20/h3-5,11H,2,6-9H2,1H3,(H,17,19,20). The van der Waals surface area contributed by atoms with E-state index in [1.807, 2.05) is 19.1 Å². The van der Waals surface area contributed by atoms with Crippen LogP contribution in [0.4, 0.5) is 0 Å². The van der Waals surface area contributed by atoms with Crippen LogP contribution < -0.4 is 10.1 Å². The van der Waals surface area contributed by atoms with Gasteiger partial charge < -0.3 is 9.64 Å². The van der Waals surface area contributed by atoms with Crippen molar-refractivity contribution < 1.29 is 19.1 Å². The van der Waals surface area contributed by atoms with Crippen molar-refractivity contribution in [3.05, 3.63) is 29.3 Å². The second-order valence-electron chi connectivity index (χ2n) is 5.54. The quantitative estimate of drug-likeness (QED) is 0.849. The van der Waals surface area contributed by atoms with Gasteiger partial charge in [-0.1, -0.05) is 19.1 Å². The van der Waals surface area contributed by atoms with E-state index >= 15 is 0 Å². The first-order valence-electron chi connectivity index (χ1n) is 7.51. The summed E-state index contributed by atoms with van der Waals surface area (Å²) in [6.45, 7) is 2.92. The first kappa shape index (κ1) is 14.6. The number of fused-ring (bicyclic) bond motifs is 1. The van der Waals surface area contributed by atoms with E-state index in [0.29, 0.717) is 30.9 Å². The zero-order valence-electron chi connectivity index (χ0n) is 12.4. The molecule has 6 heteroatoms. The van der Waals surface area contributed by atoms with Gasteiger partial charge in [0.25, 0.3) is 5.91 Å². The summed E-state index contributed by atoms with van der Waals surface area (Å²) in [4.78, 5) is 37.5. The Balaban J connectivity index is 1.85. The van der Waals surface area contributed by atoms with Crippen LogP contribution in [0.25, 0.3) is 0 Å². The topological polar surface area (TPSA) is 75.7 Å². The zero-order chi connectivity index (χ0) is 15.7. The minimum atomic E-state index is -0.586. The van der Waals surface area contributed by atoms with E-state index < -0.39 is 11.9 Å². The van der Waals surface area contributed by atoms with E-state index in [1.165, 1.54) is 4.90 Å². The van der Waals surface area contributed by atoms with E-state index in [0.717, 1.165) is 12.0 Å². The molecule has 1 aromatic carbocycles. The molecule has 6 nitrogen and oxygen atoms in total. The van der Waals surface area contributed by atoms with Gasteiger partial charge in [-0.05, 0) is 24.5 Å². The van der Waals surface area contributed by atoms with Gasteiger partial charge in [-0.15, -0.1) is 0 Å². The number of ether oxygens (including phenoxy) is 1. The molecule has 3 amide bonds. The Morgan fingerprint density at radius 1 is 1.32 bits per heavy atom. The van der Waals surface area contributed by atoms with Gasteiger partial charge in [-0.25, -0.2) is 0 Å². The lowest BCUT2D eigenvalue weighted by molar-refractivity contribution is -0.136. The average Bonchev–Trinajstić information content (AvgIpc) is 2.83. The zero-order valence-corrected chi connectivity index (χ0v) is 12.4. The molecule has 1 unspecified atom stereocenters. The molecule has 1 atom stereocenters. The van der Waals surface area contributed by atoms with Crippen LogP contribution in [0, 0.1) is 0 Å². The maximum atomic E-state index is 12.7.